The lowest BCUT2D eigenvalue weighted by Crippen LogP contribution is -2.04. The zero-order chi connectivity index (χ0) is 10.1. The van der Waals surface area contributed by atoms with Crippen LogP contribution in [-0.4, -0.2) is 14.4 Å². The first kappa shape index (κ1) is 8.89. The van der Waals surface area contributed by atoms with Gasteiger partial charge in [-0.2, -0.15) is 0 Å². The van der Waals surface area contributed by atoms with Crippen molar-refractivity contribution < 1.29 is 0 Å². The van der Waals surface area contributed by atoms with E-state index in [4.69, 9.17) is 0 Å². The molecule has 2 heterocycles. The minimum absolute atomic E-state index is 0.667. The van der Waals surface area contributed by atoms with Gasteiger partial charge in [-0.3, -0.25) is 4.40 Å². The van der Waals surface area contributed by atoms with E-state index in [1.54, 1.807) is 6.20 Å². The van der Waals surface area contributed by atoms with Gasteiger partial charge in [-0.1, -0.05) is 19.3 Å². The average molecular weight is 201 g/mol. The molecule has 0 amide bonds. The van der Waals surface area contributed by atoms with Crippen molar-refractivity contribution in [1.29, 1.82) is 0 Å². The Kier molecular flexibility index (Phi) is 2.16. The number of imidazole rings is 1. The van der Waals surface area contributed by atoms with Gasteiger partial charge < -0.3 is 0 Å². The summed E-state index contributed by atoms with van der Waals surface area (Å²) in [4.78, 5) is 8.84. The molecule has 0 spiro atoms. The topological polar surface area (TPSA) is 30.2 Å². The second-order valence-corrected chi connectivity index (χ2v) is 4.33. The van der Waals surface area contributed by atoms with Crippen LogP contribution in [0.5, 0.6) is 0 Å². The third-order valence-corrected chi connectivity index (χ3v) is 3.28. The predicted molar refractivity (Wildman–Crippen MR) is 58.8 cm³/mol. The molecule has 0 aliphatic heterocycles. The Morgan fingerprint density at radius 3 is 2.87 bits per heavy atom. The molecule has 0 radical (unpaired) electrons. The maximum absolute atomic E-state index is 4.59. The molecule has 1 saturated carbocycles. The Hall–Kier alpha value is -1.38. The van der Waals surface area contributed by atoms with Gasteiger partial charge in [0.1, 0.15) is 0 Å². The molecule has 3 nitrogen and oxygen atoms in total. The molecule has 3 heteroatoms. The Balaban J connectivity index is 1.96. The minimum atomic E-state index is 0.667. The highest BCUT2D eigenvalue weighted by molar-refractivity contribution is 5.31. The Morgan fingerprint density at radius 1 is 1.20 bits per heavy atom. The van der Waals surface area contributed by atoms with Crippen molar-refractivity contribution in [3.8, 4) is 0 Å². The van der Waals surface area contributed by atoms with Crippen molar-refractivity contribution in [3.63, 3.8) is 0 Å². The lowest BCUT2D eigenvalue weighted by molar-refractivity contribution is 0.438. The molecule has 0 unspecified atom stereocenters. The molecule has 2 aromatic heterocycles. The molecular formula is C12H15N3. The Morgan fingerprint density at radius 2 is 2.07 bits per heavy atom. The molecule has 0 N–H and O–H groups in total. The lowest BCUT2D eigenvalue weighted by atomic mass is 9.87. The monoisotopic (exact) mass is 201 g/mol. The lowest BCUT2D eigenvalue weighted by Gasteiger charge is -2.19. The molecule has 2 aromatic rings. The summed E-state index contributed by atoms with van der Waals surface area (Å²) in [6.07, 6.45) is 12.6. The van der Waals surface area contributed by atoms with Crippen LogP contribution in [0.3, 0.4) is 0 Å². The van der Waals surface area contributed by atoms with Crippen molar-refractivity contribution in [2.24, 2.45) is 0 Å². The zero-order valence-corrected chi connectivity index (χ0v) is 8.76. The highest BCUT2D eigenvalue weighted by atomic mass is 15.1. The summed E-state index contributed by atoms with van der Waals surface area (Å²) < 4.78 is 2.02. The summed E-state index contributed by atoms with van der Waals surface area (Å²) in [5.41, 5.74) is 1.23. The first-order valence-electron chi connectivity index (χ1n) is 5.73. The van der Waals surface area contributed by atoms with Gasteiger partial charge in [-0.25, -0.2) is 9.97 Å². The summed E-state index contributed by atoms with van der Waals surface area (Å²) >= 11 is 0. The van der Waals surface area contributed by atoms with E-state index in [1.165, 1.54) is 37.8 Å². The van der Waals surface area contributed by atoms with Crippen LogP contribution < -0.4 is 0 Å². The van der Waals surface area contributed by atoms with Crippen LogP contribution in [0.2, 0.25) is 0 Å². The van der Waals surface area contributed by atoms with Gasteiger partial charge in [0.15, 0.2) is 0 Å². The van der Waals surface area contributed by atoms with E-state index >= 15 is 0 Å². The van der Waals surface area contributed by atoms with Gasteiger partial charge in [0.2, 0.25) is 5.78 Å². The second kappa shape index (κ2) is 3.65. The fourth-order valence-electron chi connectivity index (χ4n) is 2.44. The third-order valence-electron chi connectivity index (χ3n) is 3.28. The molecule has 1 aliphatic carbocycles. The maximum Gasteiger partial charge on any atom is 0.233 e. The molecule has 0 aromatic carbocycles. The van der Waals surface area contributed by atoms with Crippen molar-refractivity contribution >= 4 is 5.78 Å². The number of aromatic nitrogens is 3. The van der Waals surface area contributed by atoms with Crippen LogP contribution in [0.1, 0.15) is 43.7 Å². The first-order chi connectivity index (χ1) is 7.43. The van der Waals surface area contributed by atoms with Crippen molar-refractivity contribution in [3.05, 3.63) is 30.4 Å². The van der Waals surface area contributed by atoms with E-state index in [2.05, 4.69) is 16.2 Å². The second-order valence-electron chi connectivity index (χ2n) is 4.33. The van der Waals surface area contributed by atoms with Crippen LogP contribution in [0.15, 0.2) is 24.7 Å². The van der Waals surface area contributed by atoms with E-state index in [0.29, 0.717) is 5.92 Å². The maximum atomic E-state index is 4.59. The summed E-state index contributed by atoms with van der Waals surface area (Å²) in [5, 5.41) is 0. The number of fused-ring (bicyclic) bond motifs is 1. The number of rotatable bonds is 1. The molecular weight excluding hydrogens is 186 g/mol. The summed E-state index contributed by atoms with van der Waals surface area (Å²) in [6, 6.07) is 1.94. The largest absolute Gasteiger partial charge is 0.291 e. The van der Waals surface area contributed by atoms with Gasteiger partial charge in [-0.15, -0.1) is 0 Å². The normalized spacial score (nSPS) is 18.4. The van der Waals surface area contributed by atoms with Crippen LogP contribution >= 0.6 is 0 Å². The highest BCUT2D eigenvalue weighted by Crippen LogP contribution is 2.31. The zero-order valence-electron chi connectivity index (χ0n) is 8.76. The third kappa shape index (κ3) is 1.62. The fraction of sp³-hybridized carbons (Fsp3) is 0.500. The smallest absolute Gasteiger partial charge is 0.233 e. The predicted octanol–water partition coefficient (Wildman–Crippen LogP) is 2.78. The SMILES string of the molecule is c1cnc2nc(C3CCCCC3)cn2c1. The highest BCUT2D eigenvalue weighted by Gasteiger charge is 2.18. The molecule has 78 valence electrons. The number of hydrogen-bond donors (Lipinski definition) is 0. The Labute approximate surface area is 89.2 Å². The molecule has 0 saturated heterocycles. The van der Waals surface area contributed by atoms with Crippen molar-refractivity contribution in [2.45, 2.75) is 38.0 Å². The summed E-state index contributed by atoms with van der Waals surface area (Å²) in [7, 11) is 0. The molecule has 0 bridgehead atoms. The standard InChI is InChI=1S/C12H15N3/c1-2-5-10(6-3-1)11-9-15-8-4-7-13-12(15)14-11/h4,7-10H,1-3,5-6H2. The van der Waals surface area contributed by atoms with Crippen molar-refractivity contribution in [2.75, 3.05) is 0 Å². The quantitative estimate of drug-likeness (QED) is 0.710. The molecule has 15 heavy (non-hydrogen) atoms. The van der Waals surface area contributed by atoms with Crippen LogP contribution in [0.4, 0.5) is 0 Å². The van der Waals surface area contributed by atoms with E-state index < -0.39 is 0 Å². The van der Waals surface area contributed by atoms with Gasteiger partial charge >= 0.3 is 0 Å². The summed E-state index contributed by atoms with van der Waals surface area (Å²) in [6.45, 7) is 0. The van der Waals surface area contributed by atoms with Crippen molar-refractivity contribution in [1.82, 2.24) is 14.4 Å². The molecule has 1 aliphatic rings. The van der Waals surface area contributed by atoms with E-state index in [9.17, 15) is 0 Å². The first-order valence-corrected chi connectivity index (χ1v) is 5.73. The van der Waals surface area contributed by atoms with E-state index in [0.717, 1.165) is 5.78 Å². The Bertz CT molecular complexity index is 422. The number of nitrogens with zero attached hydrogens (tertiary/aromatic N) is 3. The van der Waals surface area contributed by atoms with Gasteiger partial charge in [0, 0.05) is 24.5 Å². The average Bonchev–Trinajstić information content (AvgIpc) is 2.74. The van der Waals surface area contributed by atoms with E-state index in [-0.39, 0.29) is 0 Å². The van der Waals surface area contributed by atoms with Gasteiger partial charge in [0.05, 0.1) is 5.69 Å². The van der Waals surface area contributed by atoms with Gasteiger partial charge in [-0.05, 0) is 18.9 Å². The number of hydrogen-bond acceptors (Lipinski definition) is 2. The van der Waals surface area contributed by atoms with Crippen LogP contribution in [0.25, 0.3) is 5.78 Å². The molecule has 1 fully saturated rings. The van der Waals surface area contributed by atoms with Crippen LogP contribution in [0, 0.1) is 0 Å². The van der Waals surface area contributed by atoms with Gasteiger partial charge in [0.25, 0.3) is 0 Å². The summed E-state index contributed by atoms with van der Waals surface area (Å²) in [5.74, 6) is 1.50. The van der Waals surface area contributed by atoms with Crippen LogP contribution in [-0.2, 0) is 0 Å². The minimum Gasteiger partial charge on any atom is -0.291 e. The van der Waals surface area contributed by atoms with E-state index in [1.807, 2.05) is 16.7 Å². The fourth-order valence-corrected chi connectivity index (χ4v) is 2.44. The molecule has 3 rings (SSSR count). The molecule has 0 atom stereocenters.